The lowest BCUT2D eigenvalue weighted by Gasteiger charge is -2.05. The second-order valence-corrected chi connectivity index (χ2v) is 5.90. The largest absolute Gasteiger partial charge is 0.494 e. The molecule has 23 heavy (non-hydrogen) atoms. The van der Waals surface area contributed by atoms with Crippen LogP contribution in [0.4, 0.5) is 0 Å². The van der Waals surface area contributed by atoms with E-state index in [0.717, 1.165) is 21.6 Å². The highest BCUT2D eigenvalue weighted by Crippen LogP contribution is 2.14. The number of carbonyl (C=O) groups excluding carboxylic acids is 1. The number of halogens is 1. The Morgan fingerprint density at radius 1 is 1.22 bits per heavy atom. The third-order valence-electron chi connectivity index (χ3n) is 3.32. The van der Waals surface area contributed by atoms with E-state index in [1.54, 1.807) is 24.3 Å². The normalized spacial score (nSPS) is 10.7. The van der Waals surface area contributed by atoms with Crippen LogP contribution in [-0.2, 0) is 6.54 Å². The van der Waals surface area contributed by atoms with E-state index in [2.05, 4.69) is 26.2 Å². The zero-order valence-corrected chi connectivity index (χ0v) is 14.2. The maximum Gasteiger partial charge on any atom is 0.251 e. The minimum absolute atomic E-state index is 0.133. The SMILES string of the molecule is CCOc1ccc(C(=O)NCc2cn3cc(Br)ccc3n2)cc1. The fourth-order valence-electron chi connectivity index (χ4n) is 2.24. The molecule has 3 rings (SSSR count). The Balaban J connectivity index is 1.65. The van der Waals surface area contributed by atoms with Gasteiger partial charge in [0, 0.05) is 22.4 Å². The lowest BCUT2D eigenvalue weighted by atomic mass is 10.2. The van der Waals surface area contributed by atoms with Crippen molar-refractivity contribution in [2.24, 2.45) is 0 Å². The summed E-state index contributed by atoms with van der Waals surface area (Å²) in [6.45, 7) is 2.91. The Morgan fingerprint density at radius 3 is 2.74 bits per heavy atom. The molecule has 2 heterocycles. The molecular weight excluding hydrogens is 358 g/mol. The quantitative estimate of drug-likeness (QED) is 0.745. The number of aromatic nitrogens is 2. The Morgan fingerprint density at radius 2 is 2.00 bits per heavy atom. The topological polar surface area (TPSA) is 55.6 Å². The van der Waals surface area contributed by atoms with E-state index < -0.39 is 0 Å². The van der Waals surface area contributed by atoms with Crippen LogP contribution in [0.15, 0.2) is 53.3 Å². The third kappa shape index (κ3) is 3.71. The predicted molar refractivity (Wildman–Crippen MR) is 91.7 cm³/mol. The number of nitrogens with one attached hydrogen (secondary N) is 1. The first-order valence-electron chi connectivity index (χ1n) is 7.30. The van der Waals surface area contributed by atoms with Gasteiger partial charge in [-0.2, -0.15) is 0 Å². The molecule has 6 heteroatoms. The average Bonchev–Trinajstić information content (AvgIpc) is 2.95. The van der Waals surface area contributed by atoms with E-state index in [1.807, 2.05) is 35.9 Å². The Hall–Kier alpha value is -2.34. The molecule has 1 aromatic carbocycles. The number of ether oxygens (including phenoxy) is 1. The van der Waals surface area contributed by atoms with E-state index in [0.29, 0.717) is 18.7 Å². The number of carbonyl (C=O) groups is 1. The van der Waals surface area contributed by atoms with E-state index in [4.69, 9.17) is 4.74 Å². The van der Waals surface area contributed by atoms with Crippen LogP contribution in [0, 0.1) is 0 Å². The summed E-state index contributed by atoms with van der Waals surface area (Å²) in [7, 11) is 0. The second kappa shape index (κ2) is 6.83. The molecule has 0 unspecified atom stereocenters. The van der Waals surface area contributed by atoms with Crippen molar-refractivity contribution >= 4 is 27.5 Å². The molecule has 0 aliphatic rings. The number of imidazole rings is 1. The van der Waals surface area contributed by atoms with Gasteiger partial charge in [-0.3, -0.25) is 4.79 Å². The zero-order chi connectivity index (χ0) is 16.2. The van der Waals surface area contributed by atoms with Gasteiger partial charge in [-0.1, -0.05) is 0 Å². The zero-order valence-electron chi connectivity index (χ0n) is 12.6. The van der Waals surface area contributed by atoms with Gasteiger partial charge in [-0.15, -0.1) is 0 Å². The smallest absolute Gasteiger partial charge is 0.251 e. The fourth-order valence-corrected chi connectivity index (χ4v) is 2.60. The van der Waals surface area contributed by atoms with Gasteiger partial charge >= 0.3 is 0 Å². The summed E-state index contributed by atoms with van der Waals surface area (Å²) in [6.07, 6.45) is 3.83. The standard InChI is InChI=1S/C17H16BrN3O2/c1-2-23-15-6-3-12(4-7-15)17(22)19-9-14-11-21-10-13(18)5-8-16(21)20-14/h3-8,10-11H,2,9H2,1H3,(H,19,22). The van der Waals surface area contributed by atoms with Crippen LogP contribution in [0.25, 0.3) is 5.65 Å². The predicted octanol–water partition coefficient (Wildman–Crippen LogP) is 3.43. The summed E-state index contributed by atoms with van der Waals surface area (Å²) in [6, 6.07) is 10.9. The summed E-state index contributed by atoms with van der Waals surface area (Å²) < 4.78 is 8.26. The first-order valence-corrected chi connectivity index (χ1v) is 8.09. The number of benzene rings is 1. The molecule has 2 aromatic heterocycles. The van der Waals surface area contributed by atoms with E-state index >= 15 is 0 Å². The average molecular weight is 374 g/mol. The van der Waals surface area contributed by atoms with Crippen molar-refractivity contribution in [3.05, 3.63) is 64.5 Å². The highest BCUT2D eigenvalue weighted by molar-refractivity contribution is 9.10. The van der Waals surface area contributed by atoms with Gasteiger partial charge in [0.05, 0.1) is 18.8 Å². The van der Waals surface area contributed by atoms with Crippen molar-refractivity contribution < 1.29 is 9.53 Å². The summed E-state index contributed by atoms with van der Waals surface area (Å²) >= 11 is 3.42. The summed E-state index contributed by atoms with van der Waals surface area (Å²) in [5, 5.41) is 2.87. The Kier molecular flexibility index (Phi) is 4.62. The number of nitrogens with zero attached hydrogens (tertiary/aromatic N) is 2. The molecule has 0 atom stereocenters. The van der Waals surface area contributed by atoms with E-state index in [1.165, 1.54) is 0 Å². The summed E-state index contributed by atoms with van der Waals surface area (Å²) in [5.74, 6) is 0.626. The number of fused-ring (bicyclic) bond motifs is 1. The maximum atomic E-state index is 12.2. The van der Waals surface area contributed by atoms with Crippen LogP contribution >= 0.6 is 15.9 Å². The first kappa shape index (κ1) is 15.6. The monoisotopic (exact) mass is 373 g/mol. The van der Waals surface area contributed by atoms with Crippen LogP contribution in [0.1, 0.15) is 23.0 Å². The summed E-state index contributed by atoms with van der Waals surface area (Å²) in [5.41, 5.74) is 2.25. The number of rotatable bonds is 5. The molecule has 0 bridgehead atoms. The van der Waals surface area contributed by atoms with Crippen LogP contribution in [-0.4, -0.2) is 21.9 Å². The molecule has 0 radical (unpaired) electrons. The van der Waals surface area contributed by atoms with Crippen LogP contribution in [0.2, 0.25) is 0 Å². The number of hydrogen-bond donors (Lipinski definition) is 1. The lowest BCUT2D eigenvalue weighted by Crippen LogP contribution is -2.22. The minimum atomic E-state index is -0.133. The van der Waals surface area contributed by atoms with Crippen molar-refractivity contribution in [2.45, 2.75) is 13.5 Å². The van der Waals surface area contributed by atoms with Gasteiger partial charge in [0.25, 0.3) is 5.91 Å². The molecule has 0 saturated heterocycles. The van der Waals surface area contributed by atoms with Crippen molar-refractivity contribution in [3.8, 4) is 5.75 Å². The van der Waals surface area contributed by atoms with Gasteiger partial charge < -0.3 is 14.5 Å². The molecule has 3 aromatic rings. The molecular formula is C17H16BrN3O2. The molecule has 0 saturated carbocycles. The molecule has 0 aliphatic carbocycles. The van der Waals surface area contributed by atoms with Gasteiger partial charge in [0.15, 0.2) is 0 Å². The molecule has 0 aliphatic heterocycles. The molecule has 118 valence electrons. The number of amides is 1. The minimum Gasteiger partial charge on any atom is -0.494 e. The van der Waals surface area contributed by atoms with Gasteiger partial charge in [-0.25, -0.2) is 4.98 Å². The molecule has 1 N–H and O–H groups in total. The van der Waals surface area contributed by atoms with E-state index in [-0.39, 0.29) is 5.91 Å². The molecule has 5 nitrogen and oxygen atoms in total. The molecule has 1 amide bonds. The van der Waals surface area contributed by atoms with Gasteiger partial charge in [0.2, 0.25) is 0 Å². The number of hydrogen-bond acceptors (Lipinski definition) is 3. The van der Waals surface area contributed by atoms with Crippen LogP contribution in [0.3, 0.4) is 0 Å². The number of pyridine rings is 1. The van der Waals surface area contributed by atoms with Gasteiger partial charge in [-0.05, 0) is 59.3 Å². The van der Waals surface area contributed by atoms with Crippen molar-refractivity contribution in [1.29, 1.82) is 0 Å². The van der Waals surface area contributed by atoms with Crippen molar-refractivity contribution in [3.63, 3.8) is 0 Å². The molecule has 0 fully saturated rings. The lowest BCUT2D eigenvalue weighted by molar-refractivity contribution is 0.0950. The maximum absolute atomic E-state index is 12.2. The van der Waals surface area contributed by atoms with Crippen LogP contribution < -0.4 is 10.1 Å². The first-order chi connectivity index (χ1) is 11.2. The third-order valence-corrected chi connectivity index (χ3v) is 3.79. The summed E-state index contributed by atoms with van der Waals surface area (Å²) in [4.78, 5) is 16.6. The highest BCUT2D eigenvalue weighted by atomic mass is 79.9. The molecule has 0 spiro atoms. The Labute approximate surface area is 142 Å². The Bertz CT molecular complexity index is 827. The fraction of sp³-hybridized carbons (Fsp3) is 0.176. The van der Waals surface area contributed by atoms with Crippen molar-refractivity contribution in [1.82, 2.24) is 14.7 Å². The van der Waals surface area contributed by atoms with Crippen molar-refractivity contribution in [2.75, 3.05) is 6.61 Å². The second-order valence-electron chi connectivity index (χ2n) is 4.99. The highest BCUT2D eigenvalue weighted by Gasteiger charge is 2.07. The van der Waals surface area contributed by atoms with Gasteiger partial charge in [0.1, 0.15) is 11.4 Å². The van der Waals surface area contributed by atoms with E-state index in [9.17, 15) is 4.79 Å². The van der Waals surface area contributed by atoms with Crippen LogP contribution in [0.5, 0.6) is 5.75 Å².